The molecule has 0 aromatic heterocycles. The minimum atomic E-state index is -0.644. The summed E-state index contributed by atoms with van der Waals surface area (Å²) in [7, 11) is 0. The van der Waals surface area contributed by atoms with Gasteiger partial charge in [0.15, 0.2) is 0 Å². The number of halogens is 3. The lowest BCUT2D eigenvalue weighted by molar-refractivity contribution is 0.308. The van der Waals surface area contributed by atoms with Gasteiger partial charge in [-0.15, -0.1) is 0 Å². The zero-order chi connectivity index (χ0) is 21.1. The van der Waals surface area contributed by atoms with Crippen LogP contribution in [0, 0.1) is 23.4 Å². The van der Waals surface area contributed by atoms with Gasteiger partial charge in [0.1, 0.15) is 17.5 Å². The molecule has 1 aliphatic carbocycles. The first kappa shape index (κ1) is 20.7. The fourth-order valence-corrected chi connectivity index (χ4v) is 4.77. The van der Waals surface area contributed by atoms with Crippen LogP contribution in [-0.2, 0) is 0 Å². The Balaban J connectivity index is 1.53. The lowest BCUT2D eigenvalue weighted by Gasteiger charge is -2.28. The summed E-state index contributed by atoms with van der Waals surface area (Å²) in [6.07, 6.45) is 7.62. The largest absolute Gasteiger partial charge is 0.207 e. The third-order valence-electron chi connectivity index (χ3n) is 6.43. The normalized spacial score (nSPS) is 19.1. The molecule has 0 aliphatic heterocycles. The summed E-state index contributed by atoms with van der Waals surface area (Å²) in [6, 6.07) is 16.0. The smallest absolute Gasteiger partial charge is 0.134 e. The Kier molecular flexibility index (Phi) is 6.26. The van der Waals surface area contributed by atoms with Crippen molar-refractivity contribution in [2.45, 2.75) is 51.4 Å². The zero-order valence-corrected chi connectivity index (χ0v) is 17.3. The summed E-state index contributed by atoms with van der Waals surface area (Å²) >= 11 is 0. The van der Waals surface area contributed by atoms with E-state index in [1.54, 1.807) is 0 Å². The van der Waals surface area contributed by atoms with Gasteiger partial charge in [0, 0.05) is 0 Å². The molecule has 0 spiro atoms. The first-order valence-electron chi connectivity index (χ1n) is 10.9. The lowest BCUT2D eigenvalue weighted by atomic mass is 9.77. The summed E-state index contributed by atoms with van der Waals surface area (Å²) in [5, 5.41) is 0. The third-order valence-corrected chi connectivity index (χ3v) is 6.43. The Bertz CT molecular complexity index is 959. The van der Waals surface area contributed by atoms with Gasteiger partial charge in [-0.2, -0.15) is 0 Å². The van der Waals surface area contributed by atoms with E-state index < -0.39 is 17.5 Å². The SMILES string of the molecule is CCCC1CCC(c2ccc(-c3cc(F)c(-c4ccc(F)cc4)c(F)c3)cc2)CC1. The molecule has 0 N–H and O–H groups in total. The molecule has 0 nitrogen and oxygen atoms in total. The molecule has 4 rings (SSSR count). The van der Waals surface area contributed by atoms with Gasteiger partial charge in [-0.25, -0.2) is 13.2 Å². The van der Waals surface area contributed by atoms with Crippen molar-refractivity contribution in [2.75, 3.05) is 0 Å². The summed E-state index contributed by atoms with van der Waals surface area (Å²) in [5.41, 5.74) is 2.82. The maximum absolute atomic E-state index is 14.7. The molecule has 156 valence electrons. The van der Waals surface area contributed by atoms with Crippen LogP contribution in [0.3, 0.4) is 0 Å². The average Bonchev–Trinajstić information content (AvgIpc) is 2.75. The van der Waals surface area contributed by atoms with Gasteiger partial charge in [0.2, 0.25) is 0 Å². The van der Waals surface area contributed by atoms with E-state index in [2.05, 4.69) is 19.1 Å². The van der Waals surface area contributed by atoms with E-state index >= 15 is 0 Å². The molecule has 1 aliphatic rings. The minimum Gasteiger partial charge on any atom is -0.207 e. The molecule has 0 atom stereocenters. The van der Waals surface area contributed by atoms with E-state index in [1.165, 1.54) is 80.5 Å². The van der Waals surface area contributed by atoms with Crippen LogP contribution in [0.15, 0.2) is 60.7 Å². The average molecular weight is 409 g/mol. The van der Waals surface area contributed by atoms with Crippen LogP contribution in [0.4, 0.5) is 13.2 Å². The summed E-state index contributed by atoms with van der Waals surface area (Å²) in [5.74, 6) is -0.266. The highest BCUT2D eigenvalue weighted by molar-refractivity contribution is 5.71. The highest BCUT2D eigenvalue weighted by atomic mass is 19.1. The van der Waals surface area contributed by atoms with Crippen LogP contribution in [0.5, 0.6) is 0 Å². The van der Waals surface area contributed by atoms with Gasteiger partial charge in [0.05, 0.1) is 5.56 Å². The van der Waals surface area contributed by atoms with Crippen molar-refractivity contribution in [3.63, 3.8) is 0 Å². The highest BCUT2D eigenvalue weighted by Gasteiger charge is 2.22. The summed E-state index contributed by atoms with van der Waals surface area (Å²) in [4.78, 5) is 0. The Hall–Kier alpha value is -2.55. The molecule has 30 heavy (non-hydrogen) atoms. The minimum absolute atomic E-state index is 0.126. The monoisotopic (exact) mass is 408 g/mol. The van der Waals surface area contributed by atoms with Crippen LogP contribution in [0.1, 0.15) is 56.9 Å². The van der Waals surface area contributed by atoms with Gasteiger partial charge in [-0.1, -0.05) is 56.2 Å². The third kappa shape index (κ3) is 4.45. The molecule has 3 aromatic carbocycles. The number of hydrogen-bond acceptors (Lipinski definition) is 0. The molecule has 3 heteroatoms. The van der Waals surface area contributed by atoms with E-state index in [0.29, 0.717) is 17.0 Å². The van der Waals surface area contributed by atoms with Crippen LogP contribution >= 0.6 is 0 Å². The van der Waals surface area contributed by atoms with Crippen LogP contribution < -0.4 is 0 Å². The maximum Gasteiger partial charge on any atom is 0.134 e. The van der Waals surface area contributed by atoms with Gasteiger partial charge in [-0.3, -0.25) is 0 Å². The molecular weight excluding hydrogens is 381 g/mol. The van der Waals surface area contributed by atoms with E-state index in [9.17, 15) is 13.2 Å². The van der Waals surface area contributed by atoms with Crippen molar-refractivity contribution in [2.24, 2.45) is 5.92 Å². The van der Waals surface area contributed by atoms with E-state index in [0.717, 1.165) is 11.5 Å². The predicted octanol–water partition coefficient (Wildman–Crippen LogP) is 8.51. The van der Waals surface area contributed by atoms with Crippen molar-refractivity contribution in [3.05, 3.63) is 83.7 Å². The van der Waals surface area contributed by atoms with Crippen LogP contribution in [-0.4, -0.2) is 0 Å². The fraction of sp³-hybridized carbons (Fsp3) is 0.333. The second kappa shape index (κ2) is 9.07. The van der Waals surface area contributed by atoms with Crippen molar-refractivity contribution in [3.8, 4) is 22.3 Å². The second-order valence-electron chi connectivity index (χ2n) is 8.45. The highest BCUT2D eigenvalue weighted by Crippen LogP contribution is 2.38. The number of benzene rings is 3. The lowest BCUT2D eigenvalue weighted by Crippen LogP contribution is -2.13. The Morgan fingerprint density at radius 2 is 1.27 bits per heavy atom. The molecule has 1 fully saturated rings. The van der Waals surface area contributed by atoms with Crippen molar-refractivity contribution >= 4 is 0 Å². The van der Waals surface area contributed by atoms with Crippen LogP contribution in [0.2, 0.25) is 0 Å². The number of rotatable bonds is 5. The molecule has 0 saturated heterocycles. The standard InChI is InChI=1S/C27H27F3/c1-2-3-18-4-6-19(7-5-18)20-8-10-21(11-9-20)23-16-25(29)27(26(30)17-23)22-12-14-24(28)15-13-22/h8-19H,2-7H2,1H3. The molecular formula is C27H27F3. The Morgan fingerprint density at radius 3 is 1.83 bits per heavy atom. The van der Waals surface area contributed by atoms with Crippen molar-refractivity contribution < 1.29 is 13.2 Å². The molecule has 0 bridgehead atoms. The molecule has 0 heterocycles. The number of hydrogen-bond donors (Lipinski definition) is 0. The van der Waals surface area contributed by atoms with Gasteiger partial charge in [0.25, 0.3) is 0 Å². The summed E-state index contributed by atoms with van der Waals surface area (Å²) in [6.45, 7) is 2.25. The molecule has 3 aromatic rings. The Labute approximate surface area is 176 Å². The predicted molar refractivity (Wildman–Crippen MR) is 117 cm³/mol. The first-order valence-corrected chi connectivity index (χ1v) is 10.9. The molecule has 0 amide bonds. The van der Waals surface area contributed by atoms with E-state index in [4.69, 9.17) is 0 Å². The molecule has 0 radical (unpaired) electrons. The summed E-state index contributed by atoms with van der Waals surface area (Å²) < 4.78 is 42.6. The first-order chi connectivity index (χ1) is 14.5. The van der Waals surface area contributed by atoms with Crippen molar-refractivity contribution in [1.82, 2.24) is 0 Å². The van der Waals surface area contributed by atoms with Gasteiger partial charge in [-0.05, 0) is 84.0 Å². The Morgan fingerprint density at radius 1 is 0.700 bits per heavy atom. The van der Waals surface area contributed by atoms with Gasteiger partial charge >= 0.3 is 0 Å². The quantitative estimate of drug-likeness (QED) is 0.397. The fourth-order valence-electron chi connectivity index (χ4n) is 4.77. The maximum atomic E-state index is 14.7. The molecule has 1 saturated carbocycles. The zero-order valence-electron chi connectivity index (χ0n) is 17.3. The topological polar surface area (TPSA) is 0 Å². The van der Waals surface area contributed by atoms with Gasteiger partial charge < -0.3 is 0 Å². The van der Waals surface area contributed by atoms with Crippen LogP contribution in [0.25, 0.3) is 22.3 Å². The van der Waals surface area contributed by atoms with E-state index in [1.807, 2.05) is 12.1 Å². The van der Waals surface area contributed by atoms with Crippen molar-refractivity contribution in [1.29, 1.82) is 0 Å². The molecule has 0 unspecified atom stereocenters. The van der Waals surface area contributed by atoms with E-state index in [-0.39, 0.29) is 5.56 Å². The second-order valence-corrected chi connectivity index (χ2v) is 8.45.